The predicted octanol–water partition coefficient (Wildman–Crippen LogP) is 0.647. The minimum absolute atomic E-state index is 0.188. The summed E-state index contributed by atoms with van der Waals surface area (Å²) in [5, 5.41) is 0. The van der Waals surface area contributed by atoms with Crippen LogP contribution in [0.15, 0.2) is 0 Å². The standard InChI is InChI=1S/C8H16N2OS/c1-8(2,9)5-7(11)10-3-4-12-6-10/h3-6,9H2,1-2H3. The predicted molar refractivity (Wildman–Crippen MR) is 51.9 cm³/mol. The summed E-state index contributed by atoms with van der Waals surface area (Å²) in [6, 6.07) is 0. The van der Waals surface area contributed by atoms with Crippen molar-refractivity contribution in [3.63, 3.8) is 0 Å². The fourth-order valence-electron chi connectivity index (χ4n) is 1.11. The summed E-state index contributed by atoms with van der Waals surface area (Å²) in [6.45, 7) is 4.65. The summed E-state index contributed by atoms with van der Waals surface area (Å²) < 4.78 is 0. The molecule has 70 valence electrons. The fourth-order valence-corrected chi connectivity index (χ4v) is 2.08. The minimum Gasteiger partial charge on any atom is -0.333 e. The number of hydrogen-bond donors (Lipinski definition) is 1. The number of thioether (sulfide) groups is 1. The number of carbonyl (C=O) groups is 1. The number of nitrogens with two attached hydrogens (primary N) is 1. The highest BCUT2D eigenvalue weighted by atomic mass is 32.2. The zero-order valence-electron chi connectivity index (χ0n) is 7.67. The number of nitrogens with zero attached hydrogens (tertiary/aromatic N) is 1. The number of rotatable bonds is 2. The zero-order valence-corrected chi connectivity index (χ0v) is 8.49. The fraction of sp³-hybridized carbons (Fsp3) is 0.875. The van der Waals surface area contributed by atoms with Crippen LogP contribution in [-0.2, 0) is 4.79 Å². The molecule has 0 aromatic rings. The van der Waals surface area contributed by atoms with Gasteiger partial charge in [0.2, 0.25) is 5.91 Å². The normalized spacial score (nSPS) is 18.4. The Bertz CT molecular complexity index is 170. The van der Waals surface area contributed by atoms with E-state index < -0.39 is 0 Å². The van der Waals surface area contributed by atoms with Crippen molar-refractivity contribution >= 4 is 17.7 Å². The molecule has 0 spiro atoms. The molecule has 0 radical (unpaired) electrons. The summed E-state index contributed by atoms with van der Waals surface area (Å²) in [5.74, 6) is 2.10. The third-order valence-electron chi connectivity index (χ3n) is 1.71. The molecule has 2 N–H and O–H groups in total. The Morgan fingerprint density at radius 2 is 2.33 bits per heavy atom. The molecule has 1 aliphatic heterocycles. The Morgan fingerprint density at radius 1 is 1.67 bits per heavy atom. The molecule has 1 amide bonds. The van der Waals surface area contributed by atoms with E-state index in [9.17, 15) is 4.79 Å². The van der Waals surface area contributed by atoms with Crippen LogP contribution in [0.4, 0.5) is 0 Å². The Balaban J connectivity index is 2.37. The molecule has 12 heavy (non-hydrogen) atoms. The largest absolute Gasteiger partial charge is 0.333 e. The van der Waals surface area contributed by atoms with E-state index >= 15 is 0 Å². The van der Waals surface area contributed by atoms with E-state index in [4.69, 9.17) is 5.73 Å². The number of carbonyl (C=O) groups excluding carboxylic acids is 1. The summed E-state index contributed by atoms with van der Waals surface area (Å²) in [4.78, 5) is 13.4. The van der Waals surface area contributed by atoms with Gasteiger partial charge in [-0.15, -0.1) is 11.8 Å². The molecule has 0 saturated carbocycles. The SMILES string of the molecule is CC(C)(N)CC(=O)N1CCSC1. The van der Waals surface area contributed by atoms with Crippen molar-refractivity contribution in [3.8, 4) is 0 Å². The smallest absolute Gasteiger partial charge is 0.225 e. The molecular formula is C8H16N2OS. The second-order valence-electron chi connectivity index (χ2n) is 3.86. The number of hydrogen-bond acceptors (Lipinski definition) is 3. The average Bonchev–Trinajstić information content (AvgIpc) is 2.32. The quantitative estimate of drug-likeness (QED) is 0.692. The molecule has 3 nitrogen and oxygen atoms in total. The van der Waals surface area contributed by atoms with Crippen LogP contribution >= 0.6 is 11.8 Å². The van der Waals surface area contributed by atoms with Gasteiger partial charge in [0, 0.05) is 24.3 Å². The second-order valence-corrected chi connectivity index (χ2v) is 4.93. The first kappa shape index (κ1) is 9.86. The monoisotopic (exact) mass is 188 g/mol. The Kier molecular flexibility index (Phi) is 3.01. The van der Waals surface area contributed by atoms with Gasteiger partial charge >= 0.3 is 0 Å². The first-order valence-corrected chi connectivity index (χ1v) is 5.29. The van der Waals surface area contributed by atoms with Crippen LogP contribution in [0.5, 0.6) is 0 Å². The molecular weight excluding hydrogens is 172 g/mol. The molecule has 0 unspecified atom stereocenters. The molecule has 4 heteroatoms. The van der Waals surface area contributed by atoms with Crippen LogP contribution < -0.4 is 5.73 Å². The zero-order chi connectivity index (χ0) is 9.19. The molecule has 1 fully saturated rings. The van der Waals surface area contributed by atoms with E-state index in [0.29, 0.717) is 6.42 Å². The van der Waals surface area contributed by atoms with E-state index in [2.05, 4.69) is 0 Å². The highest BCUT2D eigenvalue weighted by molar-refractivity contribution is 7.99. The lowest BCUT2D eigenvalue weighted by Crippen LogP contribution is -2.40. The van der Waals surface area contributed by atoms with E-state index in [1.807, 2.05) is 18.7 Å². The molecule has 0 atom stereocenters. The lowest BCUT2D eigenvalue weighted by Gasteiger charge is -2.21. The summed E-state index contributed by atoms with van der Waals surface area (Å²) in [5.41, 5.74) is 5.38. The maximum absolute atomic E-state index is 11.5. The van der Waals surface area contributed by atoms with Gasteiger partial charge in [0.05, 0.1) is 5.88 Å². The highest BCUT2D eigenvalue weighted by Crippen LogP contribution is 2.16. The van der Waals surface area contributed by atoms with Gasteiger partial charge in [-0.2, -0.15) is 0 Å². The molecule has 1 saturated heterocycles. The first-order chi connectivity index (χ1) is 5.49. The summed E-state index contributed by atoms with van der Waals surface area (Å²) >= 11 is 1.80. The number of amides is 1. The van der Waals surface area contributed by atoms with Crippen LogP contribution in [-0.4, -0.2) is 34.5 Å². The molecule has 0 aromatic carbocycles. The van der Waals surface area contributed by atoms with Gasteiger partial charge in [-0.1, -0.05) is 0 Å². The van der Waals surface area contributed by atoms with Crippen molar-refractivity contribution < 1.29 is 4.79 Å². The van der Waals surface area contributed by atoms with Gasteiger partial charge < -0.3 is 10.6 Å². The van der Waals surface area contributed by atoms with Crippen molar-refractivity contribution in [1.29, 1.82) is 0 Å². The maximum Gasteiger partial charge on any atom is 0.225 e. The molecule has 1 heterocycles. The average molecular weight is 188 g/mol. The van der Waals surface area contributed by atoms with Crippen molar-refractivity contribution in [2.24, 2.45) is 5.73 Å². The molecule has 0 aliphatic carbocycles. The van der Waals surface area contributed by atoms with Crippen LogP contribution in [0, 0.1) is 0 Å². The third kappa shape index (κ3) is 3.03. The van der Waals surface area contributed by atoms with Gasteiger partial charge in [0.1, 0.15) is 0 Å². The maximum atomic E-state index is 11.5. The van der Waals surface area contributed by atoms with Gasteiger partial charge in [-0.05, 0) is 13.8 Å². The Labute approximate surface area is 77.7 Å². The third-order valence-corrected chi connectivity index (χ3v) is 2.68. The van der Waals surface area contributed by atoms with E-state index in [1.54, 1.807) is 11.8 Å². The van der Waals surface area contributed by atoms with E-state index in [1.165, 1.54) is 0 Å². The molecule has 1 aliphatic rings. The van der Waals surface area contributed by atoms with E-state index in [-0.39, 0.29) is 11.4 Å². The topological polar surface area (TPSA) is 46.3 Å². The Morgan fingerprint density at radius 3 is 2.75 bits per heavy atom. The van der Waals surface area contributed by atoms with E-state index in [0.717, 1.165) is 18.2 Å². The van der Waals surface area contributed by atoms with Crippen LogP contribution in [0.1, 0.15) is 20.3 Å². The minimum atomic E-state index is -0.371. The van der Waals surface area contributed by atoms with Gasteiger partial charge in [0.25, 0.3) is 0 Å². The lowest BCUT2D eigenvalue weighted by atomic mass is 10.0. The first-order valence-electron chi connectivity index (χ1n) is 4.13. The summed E-state index contributed by atoms with van der Waals surface area (Å²) in [6.07, 6.45) is 0.452. The summed E-state index contributed by atoms with van der Waals surface area (Å²) in [7, 11) is 0. The lowest BCUT2D eigenvalue weighted by molar-refractivity contribution is -0.130. The van der Waals surface area contributed by atoms with Gasteiger partial charge in [0.15, 0.2) is 0 Å². The van der Waals surface area contributed by atoms with Gasteiger partial charge in [-0.3, -0.25) is 4.79 Å². The Hall–Kier alpha value is -0.220. The van der Waals surface area contributed by atoms with Crippen molar-refractivity contribution in [1.82, 2.24) is 4.90 Å². The van der Waals surface area contributed by atoms with Crippen LogP contribution in [0.2, 0.25) is 0 Å². The molecule has 1 rings (SSSR count). The molecule has 0 bridgehead atoms. The van der Waals surface area contributed by atoms with Crippen molar-refractivity contribution in [3.05, 3.63) is 0 Å². The van der Waals surface area contributed by atoms with Crippen molar-refractivity contribution in [2.45, 2.75) is 25.8 Å². The van der Waals surface area contributed by atoms with Gasteiger partial charge in [-0.25, -0.2) is 0 Å². The highest BCUT2D eigenvalue weighted by Gasteiger charge is 2.23. The van der Waals surface area contributed by atoms with Crippen LogP contribution in [0.3, 0.4) is 0 Å². The second kappa shape index (κ2) is 3.66. The van der Waals surface area contributed by atoms with Crippen LogP contribution in [0.25, 0.3) is 0 Å². The molecule has 0 aromatic heterocycles. The van der Waals surface area contributed by atoms with Crippen molar-refractivity contribution in [2.75, 3.05) is 18.2 Å².